The SMILES string of the molecule is CC(C)C[C@H](NC(=O)[C@H](Cc1ccccc1)NC(=O)[C@H](CCCCN)NC(=O)[C@H](CO)NC(=O)[C@H](Cc1ccccc1)NC(=O)[C@H](Cc1c[nH]c2ccccc12)NC(=O)[C@H](CCCCN)NC(=O)CN)C(=O)N[C@@H](C)C(=O)N[C@@H](CCCCN)C(=O)O. The summed E-state index contributed by atoms with van der Waals surface area (Å²) in [6.45, 7) is 4.52. The summed E-state index contributed by atoms with van der Waals surface area (Å²) >= 11 is 0. The molecule has 0 aliphatic heterocycles. The Bertz CT molecular complexity index is 2860. The van der Waals surface area contributed by atoms with Crippen molar-refractivity contribution < 1.29 is 58.2 Å². The Labute approximate surface area is 507 Å². The average molecular weight is 1210 g/mol. The van der Waals surface area contributed by atoms with Crippen molar-refractivity contribution in [1.82, 2.24) is 52.8 Å². The highest BCUT2D eigenvalue weighted by Gasteiger charge is 2.36. The smallest absolute Gasteiger partial charge is 0.326 e. The van der Waals surface area contributed by atoms with E-state index in [0.29, 0.717) is 68.3 Å². The molecule has 9 atom stereocenters. The van der Waals surface area contributed by atoms with Crippen molar-refractivity contribution in [1.29, 1.82) is 0 Å². The van der Waals surface area contributed by atoms with Gasteiger partial charge in [-0.3, -0.25) is 43.2 Å². The van der Waals surface area contributed by atoms with Gasteiger partial charge in [-0.25, -0.2) is 4.79 Å². The number of hydrogen-bond acceptors (Lipinski definition) is 15. The molecule has 0 aliphatic rings. The van der Waals surface area contributed by atoms with Crippen LogP contribution in [0.2, 0.25) is 0 Å². The van der Waals surface area contributed by atoms with Gasteiger partial charge in [0.2, 0.25) is 53.2 Å². The van der Waals surface area contributed by atoms with E-state index in [-0.39, 0.29) is 57.4 Å². The molecule has 26 heteroatoms. The number of rotatable bonds is 40. The van der Waals surface area contributed by atoms with E-state index in [1.54, 1.807) is 66.9 Å². The molecule has 0 fully saturated rings. The number of H-pyrrole nitrogens is 1. The van der Waals surface area contributed by atoms with Gasteiger partial charge in [-0.05, 0) is 119 Å². The Morgan fingerprint density at radius 3 is 1.30 bits per heavy atom. The van der Waals surface area contributed by atoms with Gasteiger partial charge in [0.1, 0.15) is 54.4 Å². The number of amides is 9. The topological polar surface area (TPSA) is 439 Å². The lowest BCUT2D eigenvalue weighted by Crippen LogP contribution is -2.61. The Morgan fingerprint density at radius 2 is 0.828 bits per heavy atom. The number of hydrogen-bond donors (Lipinski definition) is 16. The van der Waals surface area contributed by atoms with Crippen LogP contribution in [0.3, 0.4) is 0 Å². The molecule has 3 aromatic carbocycles. The summed E-state index contributed by atoms with van der Waals surface area (Å²) in [7, 11) is 0. The van der Waals surface area contributed by atoms with Gasteiger partial charge in [0.05, 0.1) is 13.2 Å². The molecule has 0 saturated heterocycles. The van der Waals surface area contributed by atoms with E-state index in [0.717, 1.165) is 10.9 Å². The van der Waals surface area contributed by atoms with Crippen LogP contribution < -0.4 is 70.8 Å². The second-order valence-electron chi connectivity index (χ2n) is 21.9. The zero-order valence-corrected chi connectivity index (χ0v) is 49.9. The molecule has 4 aromatic rings. The number of aliphatic carboxylic acids is 1. The van der Waals surface area contributed by atoms with Crippen LogP contribution >= 0.6 is 0 Å². The van der Waals surface area contributed by atoms with Crippen LogP contribution in [0, 0.1) is 5.92 Å². The fourth-order valence-corrected chi connectivity index (χ4v) is 9.58. The van der Waals surface area contributed by atoms with E-state index in [2.05, 4.69) is 52.8 Å². The molecule has 0 bridgehead atoms. The standard InChI is InChI=1S/C61H90N14O12/c1-37(2)30-47(56(81)67-38(3)53(78)70-46(61(86)87)26-14-17-29-64)71-57(82)48(31-39-18-6-4-7-19-39)72-55(80)45(25-13-16-28-63)69-60(85)51(36-76)75-58(83)49(32-40-20-8-5-9-21-40)73-59(84)50(33-41-35-66-43-23-11-10-22-42(41)43)74-54(79)44(24-12-15-27-62)68-52(77)34-65/h4-11,18-23,35,37-38,44-51,66,76H,12-17,24-34,36,62-65H2,1-3H3,(H,67,81)(H,68,77)(H,69,85)(H,70,78)(H,71,82)(H,72,80)(H,73,84)(H,74,79)(H,75,83)(H,86,87)/t38-,44-,45-,46-,47-,48-,49-,50-,51-/m0/s1. The van der Waals surface area contributed by atoms with Crippen LogP contribution in [0.1, 0.15) is 102 Å². The number of unbranched alkanes of at least 4 members (excludes halogenated alkanes) is 3. The summed E-state index contributed by atoms with van der Waals surface area (Å²) in [4.78, 5) is 141. The molecule has 0 unspecified atom stereocenters. The molecular weight excluding hydrogens is 1120 g/mol. The lowest BCUT2D eigenvalue weighted by Gasteiger charge is -2.28. The third-order valence-electron chi connectivity index (χ3n) is 14.4. The van der Waals surface area contributed by atoms with E-state index in [9.17, 15) is 58.2 Å². The van der Waals surface area contributed by atoms with Crippen molar-refractivity contribution in [2.45, 2.75) is 159 Å². The van der Waals surface area contributed by atoms with E-state index in [4.69, 9.17) is 22.9 Å². The molecule has 87 heavy (non-hydrogen) atoms. The van der Waals surface area contributed by atoms with Crippen molar-refractivity contribution >= 4 is 70.0 Å². The van der Waals surface area contributed by atoms with Gasteiger partial charge in [0.15, 0.2) is 0 Å². The Hall–Kier alpha value is -8.30. The number of para-hydroxylation sites is 1. The van der Waals surface area contributed by atoms with E-state index < -0.39 is 127 Å². The van der Waals surface area contributed by atoms with Crippen LogP contribution in [0.15, 0.2) is 91.1 Å². The van der Waals surface area contributed by atoms with Crippen LogP contribution in [0.25, 0.3) is 10.9 Å². The van der Waals surface area contributed by atoms with Gasteiger partial charge >= 0.3 is 5.97 Å². The van der Waals surface area contributed by atoms with Crippen molar-refractivity contribution in [3.63, 3.8) is 0 Å². The quantitative estimate of drug-likeness (QED) is 0.0239. The van der Waals surface area contributed by atoms with Gasteiger partial charge in [-0.2, -0.15) is 0 Å². The van der Waals surface area contributed by atoms with Crippen molar-refractivity contribution in [3.8, 4) is 0 Å². The number of aromatic amines is 1. The number of carbonyl (C=O) groups excluding carboxylic acids is 9. The van der Waals surface area contributed by atoms with Gasteiger partial charge in [-0.15, -0.1) is 0 Å². The minimum Gasteiger partial charge on any atom is -0.480 e. The maximum atomic E-state index is 14.7. The summed E-state index contributed by atoms with van der Waals surface area (Å²) in [5, 5.41) is 45.0. The summed E-state index contributed by atoms with van der Waals surface area (Å²) in [6, 6.07) is 12.6. The summed E-state index contributed by atoms with van der Waals surface area (Å²) in [5.74, 6) is -8.60. The van der Waals surface area contributed by atoms with Crippen LogP contribution in [-0.4, -0.2) is 161 Å². The van der Waals surface area contributed by atoms with Crippen molar-refractivity contribution in [2.24, 2.45) is 28.9 Å². The van der Waals surface area contributed by atoms with E-state index >= 15 is 0 Å². The van der Waals surface area contributed by atoms with Gasteiger partial charge < -0.3 is 86.0 Å². The number of nitrogens with two attached hydrogens (primary N) is 4. The molecule has 0 aliphatic carbocycles. The van der Waals surface area contributed by atoms with Crippen molar-refractivity contribution in [2.75, 3.05) is 32.8 Å². The number of carbonyl (C=O) groups is 10. The molecule has 9 amide bonds. The molecule has 0 spiro atoms. The number of aliphatic hydroxyl groups excluding tert-OH is 1. The van der Waals surface area contributed by atoms with Gasteiger partial charge in [-0.1, -0.05) is 92.7 Å². The maximum absolute atomic E-state index is 14.7. The molecule has 1 heterocycles. The molecular formula is C61H90N14O12. The van der Waals surface area contributed by atoms with Gasteiger partial charge in [0, 0.05) is 36.4 Å². The number of aromatic nitrogens is 1. The lowest BCUT2D eigenvalue weighted by atomic mass is 10.00. The number of fused-ring (bicyclic) bond motifs is 1. The Morgan fingerprint density at radius 1 is 0.437 bits per heavy atom. The zero-order chi connectivity index (χ0) is 63.8. The molecule has 476 valence electrons. The summed E-state index contributed by atoms with van der Waals surface area (Å²) < 4.78 is 0. The summed E-state index contributed by atoms with van der Waals surface area (Å²) in [5.41, 5.74) is 25.3. The predicted octanol–water partition coefficient (Wildman–Crippen LogP) is -0.952. The minimum absolute atomic E-state index is 0.0192. The molecule has 4 rings (SSSR count). The average Bonchev–Trinajstić information content (AvgIpc) is 4.09. The Balaban J connectivity index is 1.60. The zero-order valence-electron chi connectivity index (χ0n) is 49.9. The lowest BCUT2D eigenvalue weighted by molar-refractivity contribution is -0.142. The fourth-order valence-electron chi connectivity index (χ4n) is 9.58. The van der Waals surface area contributed by atoms with E-state index in [1.807, 2.05) is 38.1 Å². The largest absolute Gasteiger partial charge is 0.480 e. The first kappa shape index (κ1) is 71.2. The van der Waals surface area contributed by atoms with Crippen LogP contribution in [0.5, 0.6) is 0 Å². The predicted molar refractivity (Wildman–Crippen MR) is 327 cm³/mol. The molecule has 1 aromatic heterocycles. The normalized spacial score (nSPS) is 14.3. The first-order chi connectivity index (χ1) is 41.7. The highest BCUT2D eigenvalue weighted by Crippen LogP contribution is 2.20. The van der Waals surface area contributed by atoms with Crippen LogP contribution in [0.4, 0.5) is 0 Å². The van der Waals surface area contributed by atoms with Crippen molar-refractivity contribution in [3.05, 3.63) is 108 Å². The second kappa shape index (κ2) is 38.0. The van der Waals surface area contributed by atoms with Gasteiger partial charge in [0.25, 0.3) is 0 Å². The molecule has 0 radical (unpaired) electrons. The first-order valence-electron chi connectivity index (χ1n) is 29.7. The number of aliphatic hydroxyl groups is 1. The highest BCUT2D eigenvalue weighted by atomic mass is 16.4. The number of carboxylic acid groups (broad SMARTS) is 1. The second-order valence-corrected chi connectivity index (χ2v) is 21.9. The molecule has 26 nitrogen and oxygen atoms in total. The number of nitrogens with one attached hydrogen (secondary N) is 10. The molecule has 0 saturated carbocycles. The monoisotopic (exact) mass is 1210 g/mol. The van der Waals surface area contributed by atoms with Crippen LogP contribution in [-0.2, 0) is 67.2 Å². The fraction of sp³-hybridized carbons (Fsp3) is 0.508. The number of benzene rings is 3. The van der Waals surface area contributed by atoms with E-state index in [1.165, 1.54) is 6.92 Å². The first-order valence-corrected chi connectivity index (χ1v) is 29.7. The number of carboxylic acids is 1. The Kier molecular flexibility index (Phi) is 31.1. The third-order valence-corrected chi connectivity index (χ3v) is 14.4. The summed E-state index contributed by atoms with van der Waals surface area (Å²) in [6.07, 6.45) is 4.49. The maximum Gasteiger partial charge on any atom is 0.326 e. The third kappa shape index (κ3) is 24.5. The highest BCUT2D eigenvalue weighted by molar-refractivity contribution is 5.99. The molecule has 20 N–H and O–H groups in total. The minimum atomic E-state index is -1.71.